The van der Waals surface area contributed by atoms with Crippen molar-refractivity contribution < 1.29 is 9.53 Å². The second-order valence-electron chi connectivity index (χ2n) is 6.70. The van der Waals surface area contributed by atoms with Gasteiger partial charge in [-0.15, -0.1) is 11.3 Å². The van der Waals surface area contributed by atoms with Gasteiger partial charge in [-0.05, 0) is 31.5 Å². The number of hydrogen-bond donors (Lipinski definition) is 0. The Bertz CT molecular complexity index is 927. The van der Waals surface area contributed by atoms with Gasteiger partial charge in [-0.3, -0.25) is 4.79 Å². The molecule has 144 valence electrons. The van der Waals surface area contributed by atoms with Crippen LogP contribution in [0.2, 0.25) is 0 Å². The van der Waals surface area contributed by atoms with Crippen LogP contribution in [0.3, 0.4) is 0 Å². The van der Waals surface area contributed by atoms with E-state index in [0.29, 0.717) is 18.0 Å². The van der Waals surface area contributed by atoms with Gasteiger partial charge in [-0.2, -0.15) is 0 Å². The summed E-state index contributed by atoms with van der Waals surface area (Å²) in [4.78, 5) is 25.9. The predicted molar refractivity (Wildman–Crippen MR) is 110 cm³/mol. The zero-order valence-electron chi connectivity index (χ0n) is 15.7. The van der Waals surface area contributed by atoms with E-state index in [1.165, 1.54) is 0 Å². The molecule has 1 aliphatic heterocycles. The van der Waals surface area contributed by atoms with Gasteiger partial charge in [-0.1, -0.05) is 18.2 Å². The topological polar surface area (TPSA) is 58.6 Å². The largest absolute Gasteiger partial charge is 0.439 e. The van der Waals surface area contributed by atoms with Crippen LogP contribution in [0, 0.1) is 6.92 Å². The SMILES string of the molecule is Cc1csc(N2CCCN(C(=O)c3ccc(Oc4ccccc4)nc3)CC2)n1. The highest BCUT2D eigenvalue weighted by atomic mass is 32.1. The van der Waals surface area contributed by atoms with Crippen molar-refractivity contribution in [3.05, 3.63) is 65.3 Å². The van der Waals surface area contributed by atoms with Crippen LogP contribution in [0.5, 0.6) is 11.6 Å². The summed E-state index contributed by atoms with van der Waals surface area (Å²) in [5.74, 6) is 1.21. The highest BCUT2D eigenvalue weighted by Crippen LogP contribution is 2.22. The summed E-state index contributed by atoms with van der Waals surface area (Å²) in [6.45, 7) is 5.13. The number of aryl methyl sites for hydroxylation is 1. The van der Waals surface area contributed by atoms with E-state index in [4.69, 9.17) is 4.74 Å². The summed E-state index contributed by atoms with van der Waals surface area (Å²) in [6.07, 6.45) is 2.51. The van der Waals surface area contributed by atoms with E-state index in [0.717, 1.165) is 42.6 Å². The number of thiazole rings is 1. The van der Waals surface area contributed by atoms with Crippen LogP contribution < -0.4 is 9.64 Å². The molecular weight excluding hydrogens is 372 g/mol. The summed E-state index contributed by atoms with van der Waals surface area (Å²) < 4.78 is 5.70. The minimum Gasteiger partial charge on any atom is -0.439 e. The van der Waals surface area contributed by atoms with Gasteiger partial charge >= 0.3 is 0 Å². The van der Waals surface area contributed by atoms with Crippen molar-refractivity contribution in [2.24, 2.45) is 0 Å². The number of carbonyl (C=O) groups is 1. The number of aromatic nitrogens is 2. The Balaban J connectivity index is 1.38. The lowest BCUT2D eigenvalue weighted by molar-refractivity contribution is 0.0766. The van der Waals surface area contributed by atoms with Crippen LogP contribution in [0.15, 0.2) is 54.0 Å². The minimum absolute atomic E-state index is 0.0101. The van der Waals surface area contributed by atoms with E-state index >= 15 is 0 Å². The zero-order chi connectivity index (χ0) is 19.3. The summed E-state index contributed by atoms with van der Waals surface area (Å²) in [5.41, 5.74) is 1.63. The number of nitrogens with zero attached hydrogens (tertiary/aromatic N) is 4. The molecule has 1 fully saturated rings. The van der Waals surface area contributed by atoms with Crippen molar-refractivity contribution in [2.75, 3.05) is 31.1 Å². The molecule has 2 aromatic heterocycles. The second-order valence-corrected chi connectivity index (χ2v) is 7.54. The molecule has 0 atom stereocenters. The van der Waals surface area contributed by atoms with E-state index in [1.54, 1.807) is 29.7 Å². The quantitative estimate of drug-likeness (QED) is 0.670. The third kappa shape index (κ3) is 4.31. The molecule has 1 aromatic carbocycles. The summed E-state index contributed by atoms with van der Waals surface area (Å²) >= 11 is 1.66. The number of para-hydroxylation sites is 1. The van der Waals surface area contributed by atoms with Gasteiger partial charge in [0.15, 0.2) is 5.13 Å². The second kappa shape index (κ2) is 8.39. The van der Waals surface area contributed by atoms with Crippen LogP contribution in [-0.4, -0.2) is 47.0 Å². The van der Waals surface area contributed by atoms with E-state index < -0.39 is 0 Å². The monoisotopic (exact) mass is 394 g/mol. The van der Waals surface area contributed by atoms with Crippen LogP contribution in [-0.2, 0) is 0 Å². The van der Waals surface area contributed by atoms with E-state index in [-0.39, 0.29) is 5.91 Å². The molecule has 0 aliphatic carbocycles. The van der Waals surface area contributed by atoms with Gasteiger partial charge in [0.05, 0.1) is 11.3 Å². The third-order valence-electron chi connectivity index (χ3n) is 4.61. The maximum atomic E-state index is 12.9. The van der Waals surface area contributed by atoms with Crippen molar-refractivity contribution in [3.8, 4) is 11.6 Å². The fraction of sp³-hybridized carbons (Fsp3) is 0.286. The number of ether oxygens (including phenoxy) is 1. The first-order chi connectivity index (χ1) is 13.7. The fourth-order valence-corrected chi connectivity index (χ4v) is 4.01. The average Bonchev–Trinajstić information content (AvgIpc) is 3.01. The van der Waals surface area contributed by atoms with Gasteiger partial charge < -0.3 is 14.5 Å². The molecule has 0 bridgehead atoms. The number of carbonyl (C=O) groups excluding carboxylic acids is 1. The summed E-state index contributed by atoms with van der Waals surface area (Å²) in [7, 11) is 0. The first-order valence-corrected chi connectivity index (χ1v) is 10.2. The Kier molecular flexibility index (Phi) is 5.53. The van der Waals surface area contributed by atoms with Crippen molar-refractivity contribution in [3.63, 3.8) is 0 Å². The van der Waals surface area contributed by atoms with Crippen molar-refractivity contribution >= 4 is 22.4 Å². The van der Waals surface area contributed by atoms with Crippen molar-refractivity contribution in [1.82, 2.24) is 14.9 Å². The lowest BCUT2D eigenvalue weighted by atomic mass is 10.2. The van der Waals surface area contributed by atoms with Crippen LogP contribution in [0.4, 0.5) is 5.13 Å². The van der Waals surface area contributed by atoms with Crippen molar-refractivity contribution in [2.45, 2.75) is 13.3 Å². The van der Waals surface area contributed by atoms with Crippen LogP contribution >= 0.6 is 11.3 Å². The Labute approximate surface area is 168 Å². The fourth-order valence-electron chi connectivity index (χ4n) is 3.16. The maximum absolute atomic E-state index is 12.9. The van der Waals surface area contributed by atoms with Gasteiger partial charge in [-0.25, -0.2) is 9.97 Å². The Morgan fingerprint density at radius 2 is 1.93 bits per heavy atom. The molecule has 7 heteroatoms. The molecule has 0 radical (unpaired) electrons. The highest BCUT2D eigenvalue weighted by Gasteiger charge is 2.22. The molecule has 0 N–H and O–H groups in total. The average molecular weight is 395 g/mol. The molecule has 1 aliphatic rings. The first-order valence-electron chi connectivity index (χ1n) is 9.34. The number of pyridine rings is 1. The number of benzene rings is 1. The Morgan fingerprint density at radius 3 is 2.64 bits per heavy atom. The molecular formula is C21H22N4O2S. The van der Waals surface area contributed by atoms with E-state index in [1.807, 2.05) is 42.2 Å². The summed E-state index contributed by atoms with van der Waals surface area (Å²) in [6, 6.07) is 13.0. The molecule has 0 unspecified atom stereocenters. The molecule has 3 aromatic rings. The van der Waals surface area contributed by atoms with E-state index in [9.17, 15) is 4.79 Å². The number of amides is 1. The van der Waals surface area contributed by atoms with Crippen molar-refractivity contribution in [1.29, 1.82) is 0 Å². The maximum Gasteiger partial charge on any atom is 0.255 e. The zero-order valence-corrected chi connectivity index (χ0v) is 16.6. The molecule has 6 nitrogen and oxygen atoms in total. The number of hydrogen-bond acceptors (Lipinski definition) is 6. The minimum atomic E-state index is 0.0101. The smallest absolute Gasteiger partial charge is 0.255 e. The predicted octanol–water partition coefficient (Wildman–Crippen LogP) is 3.99. The lowest BCUT2D eigenvalue weighted by Crippen LogP contribution is -2.35. The number of anilines is 1. The highest BCUT2D eigenvalue weighted by molar-refractivity contribution is 7.13. The van der Waals surface area contributed by atoms with Gasteiger partial charge in [0.2, 0.25) is 5.88 Å². The Morgan fingerprint density at radius 1 is 1.07 bits per heavy atom. The lowest BCUT2D eigenvalue weighted by Gasteiger charge is -2.21. The molecule has 3 heterocycles. The van der Waals surface area contributed by atoms with Crippen LogP contribution in [0.25, 0.3) is 0 Å². The summed E-state index contributed by atoms with van der Waals surface area (Å²) in [5, 5.41) is 3.10. The normalized spacial score (nSPS) is 14.6. The number of rotatable bonds is 4. The third-order valence-corrected chi connectivity index (χ3v) is 5.63. The molecule has 28 heavy (non-hydrogen) atoms. The Hall–Kier alpha value is -2.93. The van der Waals surface area contributed by atoms with E-state index in [2.05, 4.69) is 20.2 Å². The van der Waals surface area contributed by atoms with Gasteiger partial charge in [0.25, 0.3) is 5.91 Å². The first kappa shape index (κ1) is 18.4. The molecule has 4 rings (SSSR count). The molecule has 1 amide bonds. The van der Waals surface area contributed by atoms with Gasteiger partial charge in [0.1, 0.15) is 5.75 Å². The van der Waals surface area contributed by atoms with Gasteiger partial charge in [0, 0.05) is 43.8 Å². The standard InChI is InChI=1S/C21H22N4O2S/c1-16-15-28-21(23-16)25-11-5-10-24(12-13-25)20(26)17-8-9-19(22-14-17)27-18-6-3-2-4-7-18/h2-4,6-9,14-15H,5,10-13H2,1H3. The molecule has 0 spiro atoms. The molecule has 1 saturated heterocycles. The molecule has 0 saturated carbocycles. The van der Waals surface area contributed by atoms with Crippen LogP contribution in [0.1, 0.15) is 22.5 Å².